The van der Waals surface area contributed by atoms with E-state index in [1.54, 1.807) is 6.20 Å². The zero-order chi connectivity index (χ0) is 23.7. The fourth-order valence-corrected chi connectivity index (χ4v) is 6.36. The molecule has 1 unspecified atom stereocenters. The lowest BCUT2D eigenvalue weighted by Crippen LogP contribution is -2.43. The number of hydrogen-bond acceptors (Lipinski definition) is 7. The molecule has 0 bridgehead atoms. The highest BCUT2D eigenvalue weighted by Gasteiger charge is 2.37. The maximum atomic E-state index is 12.7. The number of pyridine rings is 1. The van der Waals surface area contributed by atoms with Crippen LogP contribution in [0, 0.1) is 0 Å². The largest absolute Gasteiger partial charge is 0.352 e. The number of sulfone groups is 1. The van der Waals surface area contributed by atoms with Gasteiger partial charge in [0.05, 0.1) is 17.5 Å². The standard InChI is InChI=1S/C24H27N5O4S/c30-23-8-6-21(27-29(23)20-10-12-34(32,33)16-20)24(31)26-14-17-5-7-22(25-13-17)28-11-9-18-3-1-2-4-19(18)15-28/h1-5,7,13,20H,6,8-12,14-16H2,(H,26,31). The van der Waals surface area contributed by atoms with E-state index in [0.29, 0.717) is 13.0 Å². The third kappa shape index (κ3) is 4.82. The first-order valence-corrected chi connectivity index (χ1v) is 13.3. The topological polar surface area (TPSA) is 112 Å². The summed E-state index contributed by atoms with van der Waals surface area (Å²) in [5, 5.41) is 8.27. The second-order valence-corrected chi connectivity index (χ2v) is 11.2. The summed E-state index contributed by atoms with van der Waals surface area (Å²) >= 11 is 0. The second-order valence-electron chi connectivity index (χ2n) is 8.99. The summed E-state index contributed by atoms with van der Waals surface area (Å²) in [5.41, 5.74) is 3.82. The van der Waals surface area contributed by atoms with E-state index in [4.69, 9.17) is 0 Å². The Morgan fingerprint density at radius 2 is 1.91 bits per heavy atom. The molecule has 1 aromatic carbocycles. The van der Waals surface area contributed by atoms with Gasteiger partial charge in [0.1, 0.15) is 11.5 Å². The summed E-state index contributed by atoms with van der Waals surface area (Å²) in [5.74, 6) is 0.263. The van der Waals surface area contributed by atoms with Crippen LogP contribution in [0.15, 0.2) is 47.7 Å². The van der Waals surface area contributed by atoms with Crippen LogP contribution in [0.5, 0.6) is 0 Å². The molecule has 0 aliphatic carbocycles. The lowest BCUT2D eigenvalue weighted by atomic mass is 10.00. The predicted octanol–water partition coefficient (Wildman–Crippen LogP) is 1.43. The minimum atomic E-state index is -3.15. The lowest BCUT2D eigenvalue weighted by molar-refractivity contribution is -0.133. The van der Waals surface area contributed by atoms with E-state index in [0.717, 1.165) is 30.9 Å². The lowest BCUT2D eigenvalue weighted by Gasteiger charge is -2.29. The summed E-state index contributed by atoms with van der Waals surface area (Å²) in [4.78, 5) is 31.8. The van der Waals surface area contributed by atoms with Crippen molar-refractivity contribution in [2.45, 2.75) is 44.8 Å². The fraction of sp³-hybridized carbons (Fsp3) is 0.417. The zero-order valence-corrected chi connectivity index (χ0v) is 19.6. The minimum absolute atomic E-state index is 0.0471. The number of anilines is 1. The van der Waals surface area contributed by atoms with Crippen molar-refractivity contribution in [3.8, 4) is 0 Å². The second kappa shape index (κ2) is 9.17. The van der Waals surface area contributed by atoms with E-state index in [-0.39, 0.29) is 41.9 Å². The molecule has 1 N–H and O–H groups in total. The van der Waals surface area contributed by atoms with Crippen LogP contribution in [0.1, 0.15) is 36.0 Å². The van der Waals surface area contributed by atoms with Crippen molar-refractivity contribution in [2.24, 2.45) is 5.10 Å². The Morgan fingerprint density at radius 1 is 1.09 bits per heavy atom. The molecule has 1 atom stereocenters. The number of carbonyl (C=O) groups excluding carboxylic acids is 2. The van der Waals surface area contributed by atoms with E-state index in [9.17, 15) is 18.0 Å². The highest BCUT2D eigenvalue weighted by Crippen LogP contribution is 2.24. The molecular weight excluding hydrogens is 454 g/mol. The molecule has 2 aromatic rings. The zero-order valence-electron chi connectivity index (χ0n) is 18.8. The van der Waals surface area contributed by atoms with Crippen molar-refractivity contribution in [1.29, 1.82) is 0 Å². The van der Waals surface area contributed by atoms with Crippen LogP contribution in [0.25, 0.3) is 0 Å². The quantitative estimate of drug-likeness (QED) is 0.691. The number of benzene rings is 1. The third-order valence-corrected chi connectivity index (χ3v) is 8.34. The van der Waals surface area contributed by atoms with Gasteiger partial charge in [0.2, 0.25) is 5.91 Å². The van der Waals surface area contributed by atoms with Crippen LogP contribution >= 0.6 is 0 Å². The van der Waals surface area contributed by atoms with Crippen LogP contribution in [0.4, 0.5) is 5.82 Å². The minimum Gasteiger partial charge on any atom is -0.352 e. The first-order valence-electron chi connectivity index (χ1n) is 11.5. The first-order chi connectivity index (χ1) is 16.4. The summed E-state index contributed by atoms with van der Waals surface area (Å²) in [7, 11) is -3.15. The van der Waals surface area contributed by atoms with Crippen LogP contribution in [0.3, 0.4) is 0 Å². The molecule has 2 amide bonds. The normalized spacial score (nSPS) is 21.7. The monoisotopic (exact) mass is 481 g/mol. The maximum absolute atomic E-state index is 12.7. The van der Waals surface area contributed by atoms with Gasteiger partial charge >= 0.3 is 0 Å². The average molecular weight is 482 g/mol. The van der Waals surface area contributed by atoms with Gasteiger partial charge in [-0.15, -0.1) is 0 Å². The van der Waals surface area contributed by atoms with Gasteiger partial charge in [0.15, 0.2) is 9.84 Å². The van der Waals surface area contributed by atoms with Crippen LogP contribution in [-0.4, -0.2) is 60.0 Å². The van der Waals surface area contributed by atoms with Gasteiger partial charge < -0.3 is 10.2 Å². The van der Waals surface area contributed by atoms with Crippen LogP contribution < -0.4 is 10.2 Å². The highest BCUT2D eigenvalue weighted by atomic mass is 32.2. The molecule has 1 aromatic heterocycles. The SMILES string of the molecule is O=C(NCc1ccc(N2CCc3ccccc3C2)nc1)C1=NN(C2CCS(=O)(=O)C2)C(=O)CC1. The van der Waals surface area contributed by atoms with Gasteiger partial charge in [0, 0.05) is 38.7 Å². The highest BCUT2D eigenvalue weighted by molar-refractivity contribution is 7.91. The van der Waals surface area contributed by atoms with Crippen molar-refractivity contribution in [2.75, 3.05) is 23.0 Å². The number of hydrazone groups is 1. The Kier molecular flexibility index (Phi) is 6.07. The smallest absolute Gasteiger partial charge is 0.267 e. The van der Waals surface area contributed by atoms with Gasteiger partial charge in [-0.05, 0) is 35.6 Å². The maximum Gasteiger partial charge on any atom is 0.267 e. The van der Waals surface area contributed by atoms with Gasteiger partial charge in [-0.2, -0.15) is 5.10 Å². The Hall–Kier alpha value is -3.27. The number of fused-ring (bicyclic) bond motifs is 1. The van der Waals surface area contributed by atoms with Crippen molar-refractivity contribution in [3.05, 3.63) is 59.3 Å². The summed E-state index contributed by atoms with van der Waals surface area (Å²) in [6.07, 6.45) is 3.50. The number of aromatic nitrogens is 1. The van der Waals surface area contributed by atoms with E-state index >= 15 is 0 Å². The molecule has 34 heavy (non-hydrogen) atoms. The van der Waals surface area contributed by atoms with Crippen LogP contribution in [0.2, 0.25) is 0 Å². The number of nitrogens with one attached hydrogen (secondary N) is 1. The molecule has 3 aliphatic heterocycles. The van der Waals surface area contributed by atoms with E-state index < -0.39 is 15.9 Å². The molecule has 0 saturated carbocycles. The molecular formula is C24H27N5O4S. The molecule has 5 rings (SSSR count). The number of carbonyl (C=O) groups is 2. The molecule has 0 spiro atoms. The van der Waals surface area contributed by atoms with Crippen molar-refractivity contribution < 1.29 is 18.0 Å². The van der Waals surface area contributed by atoms with Gasteiger partial charge in [-0.25, -0.2) is 18.4 Å². The van der Waals surface area contributed by atoms with Crippen molar-refractivity contribution in [1.82, 2.24) is 15.3 Å². The molecule has 10 heteroatoms. The Morgan fingerprint density at radius 3 is 2.65 bits per heavy atom. The molecule has 0 radical (unpaired) electrons. The number of rotatable bonds is 5. The van der Waals surface area contributed by atoms with Gasteiger partial charge in [0.25, 0.3) is 5.91 Å². The number of amides is 2. The summed E-state index contributed by atoms with van der Waals surface area (Å²) < 4.78 is 23.5. The summed E-state index contributed by atoms with van der Waals surface area (Å²) in [6.45, 7) is 2.04. The third-order valence-electron chi connectivity index (χ3n) is 6.59. The Balaban J connectivity index is 1.19. The summed E-state index contributed by atoms with van der Waals surface area (Å²) in [6, 6.07) is 11.9. The molecule has 3 aliphatic rings. The Labute approximate surface area is 198 Å². The molecule has 1 fully saturated rings. The molecule has 178 valence electrons. The number of nitrogens with zero attached hydrogens (tertiary/aromatic N) is 4. The van der Waals surface area contributed by atoms with E-state index in [2.05, 4.69) is 44.6 Å². The molecule has 9 nitrogen and oxygen atoms in total. The van der Waals surface area contributed by atoms with Crippen LogP contribution in [-0.2, 0) is 38.9 Å². The molecule has 4 heterocycles. The average Bonchev–Trinajstić information content (AvgIpc) is 3.22. The first kappa shape index (κ1) is 22.5. The van der Waals surface area contributed by atoms with Gasteiger partial charge in [-0.3, -0.25) is 9.59 Å². The number of hydrogen-bond donors (Lipinski definition) is 1. The van der Waals surface area contributed by atoms with Crippen molar-refractivity contribution in [3.63, 3.8) is 0 Å². The fourth-order valence-electron chi connectivity index (χ4n) is 4.67. The van der Waals surface area contributed by atoms with Crippen molar-refractivity contribution >= 4 is 33.2 Å². The van der Waals surface area contributed by atoms with Gasteiger partial charge in [-0.1, -0.05) is 30.3 Å². The van der Waals surface area contributed by atoms with E-state index in [1.165, 1.54) is 16.1 Å². The predicted molar refractivity (Wildman–Crippen MR) is 128 cm³/mol. The Bertz CT molecular complexity index is 1240. The van der Waals surface area contributed by atoms with E-state index in [1.807, 2.05) is 12.1 Å². The molecule has 1 saturated heterocycles.